The lowest BCUT2D eigenvalue weighted by Gasteiger charge is -2.17. The van der Waals surface area contributed by atoms with Crippen LogP contribution in [0.15, 0.2) is 0 Å². The number of hydrogen-bond donors (Lipinski definition) is 0. The van der Waals surface area contributed by atoms with Crippen molar-refractivity contribution < 1.29 is 0 Å². The van der Waals surface area contributed by atoms with Crippen molar-refractivity contribution >= 4 is 0 Å². The van der Waals surface area contributed by atoms with Crippen LogP contribution in [-0.2, 0) is 0 Å². The van der Waals surface area contributed by atoms with E-state index in [1.165, 1.54) is 32.8 Å². The van der Waals surface area contributed by atoms with E-state index >= 15 is 0 Å². The third-order valence-electron chi connectivity index (χ3n) is 1.83. The third kappa shape index (κ3) is 2.33. The maximum absolute atomic E-state index is 2.44. The zero-order valence-corrected chi connectivity index (χ0v) is 6.43. The van der Waals surface area contributed by atoms with E-state index in [1.54, 1.807) is 0 Å². The quantitative estimate of drug-likeness (QED) is 0.511. The molecule has 0 aromatic rings. The monoisotopic (exact) mass is 128 g/mol. The summed E-state index contributed by atoms with van der Waals surface area (Å²) in [7, 11) is 0. The Balaban J connectivity index is 2.05. The van der Waals surface area contributed by atoms with Crippen LogP contribution in [0.3, 0.4) is 0 Å². The average molecular weight is 128 g/mol. The number of rotatable bonds is 4. The van der Waals surface area contributed by atoms with Gasteiger partial charge in [0.25, 0.3) is 0 Å². The summed E-state index contributed by atoms with van der Waals surface area (Å²) >= 11 is 0. The van der Waals surface area contributed by atoms with Crippen molar-refractivity contribution in [3.8, 4) is 0 Å². The van der Waals surface area contributed by atoms with Crippen LogP contribution in [0.2, 0.25) is 0 Å². The van der Waals surface area contributed by atoms with Crippen LogP contribution in [0.25, 0.3) is 0 Å². The van der Waals surface area contributed by atoms with Crippen LogP contribution in [0, 0.1) is 0 Å². The Morgan fingerprint density at radius 2 is 1.78 bits per heavy atom. The van der Waals surface area contributed by atoms with Gasteiger partial charge in [0.2, 0.25) is 0 Å². The minimum absolute atomic E-state index is 1.19. The summed E-state index contributed by atoms with van der Waals surface area (Å²) in [5.74, 6) is 0. The molecule has 0 radical (unpaired) electrons. The molecule has 1 heterocycles. The topological polar surface area (TPSA) is 6.25 Å². The Morgan fingerprint density at radius 3 is 2.11 bits per heavy atom. The standard InChI is InChI=1S/C7H16N2/c1-3-8(4-2)7-9-5-6-9/h3-7H2,1-2H3. The van der Waals surface area contributed by atoms with Crippen LogP contribution in [0.1, 0.15) is 13.8 Å². The van der Waals surface area contributed by atoms with E-state index in [0.717, 1.165) is 0 Å². The van der Waals surface area contributed by atoms with Crippen molar-refractivity contribution in [3.05, 3.63) is 0 Å². The minimum Gasteiger partial charge on any atom is -0.291 e. The summed E-state index contributed by atoms with van der Waals surface area (Å²) in [6.45, 7) is 10.6. The summed E-state index contributed by atoms with van der Waals surface area (Å²) < 4.78 is 0. The molecule has 2 nitrogen and oxygen atoms in total. The second kappa shape index (κ2) is 3.18. The number of hydrogen-bond acceptors (Lipinski definition) is 2. The Labute approximate surface area is 57.4 Å². The smallest absolute Gasteiger partial charge is 0.0507 e. The normalized spacial score (nSPS) is 19.0. The molecule has 0 atom stereocenters. The van der Waals surface area contributed by atoms with Gasteiger partial charge in [0.15, 0.2) is 0 Å². The highest BCUT2D eigenvalue weighted by molar-refractivity contribution is 4.71. The van der Waals surface area contributed by atoms with Gasteiger partial charge < -0.3 is 0 Å². The molecule has 0 aromatic heterocycles. The molecule has 1 aliphatic rings. The molecule has 0 saturated carbocycles. The van der Waals surface area contributed by atoms with Crippen LogP contribution < -0.4 is 0 Å². The maximum atomic E-state index is 2.44. The fraction of sp³-hybridized carbons (Fsp3) is 1.00. The molecule has 0 N–H and O–H groups in total. The first-order chi connectivity index (χ1) is 4.36. The lowest BCUT2D eigenvalue weighted by molar-refractivity contribution is 0.235. The molecule has 0 bridgehead atoms. The SMILES string of the molecule is CCN(CC)CN1CC1. The van der Waals surface area contributed by atoms with Crippen molar-refractivity contribution in [2.24, 2.45) is 0 Å². The van der Waals surface area contributed by atoms with Gasteiger partial charge in [-0.3, -0.25) is 9.80 Å². The van der Waals surface area contributed by atoms with Crippen LogP contribution >= 0.6 is 0 Å². The Morgan fingerprint density at radius 1 is 1.22 bits per heavy atom. The van der Waals surface area contributed by atoms with Gasteiger partial charge in [-0.05, 0) is 13.1 Å². The van der Waals surface area contributed by atoms with Crippen LogP contribution in [0.4, 0.5) is 0 Å². The van der Waals surface area contributed by atoms with E-state index in [1.807, 2.05) is 0 Å². The van der Waals surface area contributed by atoms with E-state index < -0.39 is 0 Å². The maximum Gasteiger partial charge on any atom is 0.0507 e. The van der Waals surface area contributed by atoms with E-state index in [-0.39, 0.29) is 0 Å². The third-order valence-corrected chi connectivity index (χ3v) is 1.83. The highest BCUT2D eigenvalue weighted by Crippen LogP contribution is 2.03. The molecular formula is C7H16N2. The van der Waals surface area contributed by atoms with E-state index in [2.05, 4.69) is 23.6 Å². The summed E-state index contributed by atoms with van der Waals surface area (Å²) in [4.78, 5) is 4.88. The van der Waals surface area contributed by atoms with Crippen molar-refractivity contribution in [1.29, 1.82) is 0 Å². The molecule has 0 aromatic carbocycles. The van der Waals surface area contributed by atoms with Gasteiger partial charge in [-0.15, -0.1) is 0 Å². The van der Waals surface area contributed by atoms with Gasteiger partial charge in [0.1, 0.15) is 0 Å². The molecule has 0 unspecified atom stereocenters. The van der Waals surface area contributed by atoms with Gasteiger partial charge in [0.05, 0.1) is 6.67 Å². The molecule has 54 valence electrons. The largest absolute Gasteiger partial charge is 0.291 e. The molecule has 1 fully saturated rings. The lowest BCUT2D eigenvalue weighted by Crippen LogP contribution is -2.28. The molecule has 1 rings (SSSR count). The summed E-state index contributed by atoms with van der Waals surface area (Å²) in [5.41, 5.74) is 0. The lowest BCUT2D eigenvalue weighted by atomic mass is 10.5. The van der Waals surface area contributed by atoms with E-state index in [9.17, 15) is 0 Å². The Kier molecular flexibility index (Phi) is 2.49. The fourth-order valence-electron chi connectivity index (χ4n) is 0.919. The second-order valence-corrected chi connectivity index (χ2v) is 2.56. The first kappa shape index (κ1) is 7.03. The van der Waals surface area contributed by atoms with Gasteiger partial charge in [-0.2, -0.15) is 0 Å². The van der Waals surface area contributed by atoms with Crippen LogP contribution in [-0.4, -0.2) is 42.6 Å². The minimum atomic E-state index is 1.19. The summed E-state index contributed by atoms with van der Waals surface area (Å²) in [5, 5.41) is 0. The van der Waals surface area contributed by atoms with Gasteiger partial charge in [-0.25, -0.2) is 0 Å². The molecule has 0 spiro atoms. The van der Waals surface area contributed by atoms with Crippen molar-refractivity contribution in [1.82, 2.24) is 9.80 Å². The van der Waals surface area contributed by atoms with Crippen molar-refractivity contribution in [3.63, 3.8) is 0 Å². The Bertz CT molecular complexity index is 75.0. The molecule has 9 heavy (non-hydrogen) atoms. The van der Waals surface area contributed by atoms with Crippen molar-refractivity contribution in [2.75, 3.05) is 32.8 Å². The van der Waals surface area contributed by atoms with Gasteiger partial charge in [-0.1, -0.05) is 13.8 Å². The molecule has 1 saturated heterocycles. The van der Waals surface area contributed by atoms with Crippen LogP contribution in [0.5, 0.6) is 0 Å². The first-order valence-electron chi connectivity index (χ1n) is 3.81. The average Bonchev–Trinajstić information content (AvgIpc) is 2.66. The van der Waals surface area contributed by atoms with Gasteiger partial charge >= 0.3 is 0 Å². The molecule has 0 amide bonds. The highest BCUT2D eigenvalue weighted by atomic mass is 15.4. The molecule has 0 aliphatic carbocycles. The fourth-order valence-corrected chi connectivity index (χ4v) is 0.919. The first-order valence-corrected chi connectivity index (χ1v) is 3.81. The molecule has 1 aliphatic heterocycles. The summed E-state index contributed by atoms with van der Waals surface area (Å²) in [6.07, 6.45) is 0. The predicted octanol–water partition coefficient (Wildman–Crippen LogP) is 0.601. The number of nitrogens with zero attached hydrogens (tertiary/aromatic N) is 2. The van der Waals surface area contributed by atoms with E-state index in [0.29, 0.717) is 0 Å². The predicted molar refractivity (Wildman–Crippen MR) is 39.4 cm³/mol. The zero-order valence-electron chi connectivity index (χ0n) is 6.43. The molecular weight excluding hydrogens is 112 g/mol. The van der Waals surface area contributed by atoms with Crippen molar-refractivity contribution in [2.45, 2.75) is 13.8 Å². The van der Waals surface area contributed by atoms with Gasteiger partial charge in [0, 0.05) is 13.1 Å². The Hall–Kier alpha value is -0.0800. The summed E-state index contributed by atoms with van der Waals surface area (Å²) in [6, 6.07) is 0. The highest BCUT2D eigenvalue weighted by Gasteiger charge is 2.18. The second-order valence-electron chi connectivity index (χ2n) is 2.56. The van der Waals surface area contributed by atoms with E-state index in [4.69, 9.17) is 0 Å². The molecule has 2 heteroatoms. The zero-order chi connectivity index (χ0) is 6.69.